The Morgan fingerprint density at radius 1 is 1.39 bits per heavy atom. The maximum Gasteiger partial charge on any atom is 0.174 e. The van der Waals surface area contributed by atoms with Crippen LogP contribution >= 0.6 is 0 Å². The normalized spacial score (nSPS) is 37.8. The second kappa shape index (κ2) is 4.50. The number of nitrogens with zero attached hydrogens (tertiary/aromatic N) is 1. The van der Waals surface area contributed by atoms with Crippen LogP contribution in [0.4, 0.5) is 0 Å². The van der Waals surface area contributed by atoms with Gasteiger partial charge in [-0.25, -0.2) is 0 Å². The van der Waals surface area contributed by atoms with Crippen molar-refractivity contribution < 1.29 is 14.3 Å². The van der Waals surface area contributed by atoms with Crippen molar-refractivity contribution in [2.75, 3.05) is 20.7 Å². The molecule has 1 aromatic rings. The van der Waals surface area contributed by atoms with Gasteiger partial charge in [-0.05, 0) is 56.8 Å². The molecule has 1 aromatic carbocycles. The molecule has 2 fully saturated rings. The molecule has 0 radical (unpaired) electrons. The van der Waals surface area contributed by atoms with E-state index in [9.17, 15) is 4.79 Å². The predicted octanol–water partition coefficient (Wildman–Crippen LogP) is 2.32. The first-order valence-electron chi connectivity index (χ1n) is 8.77. The molecule has 1 saturated heterocycles. The lowest BCUT2D eigenvalue weighted by Crippen LogP contribution is -2.63. The molecule has 23 heavy (non-hydrogen) atoms. The average molecular weight is 313 g/mol. The first kappa shape index (κ1) is 13.8. The van der Waals surface area contributed by atoms with Crippen LogP contribution in [0.1, 0.15) is 36.8 Å². The van der Waals surface area contributed by atoms with Crippen molar-refractivity contribution >= 4 is 5.78 Å². The second-order valence-corrected chi connectivity index (χ2v) is 7.64. The summed E-state index contributed by atoms with van der Waals surface area (Å²) in [5.41, 5.74) is 2.58. The summed E-state index contributed by atoms with van der Waals surface area (Å²) >= 11 is 0. The van der Waals surface area contributed by atoms with Gasteiger partial charge in [-0.1, -0.05) is 6.07 Å². The molecular formula is C19H23NO3. The van der Waals surface area contributed by atoms with Gasteiger partial charge in [0.05, 0.1) is 7.11 Å². The molecular weight excluding hydrogens is 290 g/mol. The number of ketones is 1. The van der Waals surface area contributed by atoms with Gasteiger partial charge in [0.1, 0.15) is 0 Å². The maximum atomic E-state index is 12.9. The van der Waals surface area contributed by atoms with E-state index in [0.29, 0.717) is 18.4 Å². The lowest BCUT2D eigenvalue weighted by Gasteiger charge is -2.57. The van der Waals surface area contributed by atoms with Crippen LogP contribution in [0.15, 0.2) is 12.1 Å². The first-order chi connectivity index (χ1) is 11.2. The number of hydrogen-bond acceptors (Lipinski definition) is 4. The molecule has 4 heteroatoms. The van der Waals surface area contributed by atoms with Gasteiger partial charge in [0.15, 0.2) is 23.4 Å². The number of Topliss-reactive ketones (excluding diaryl/α,β-unsaturated/α-hetero) is 1. The van der Waals surface area contributed by atoms with Gasteiger partial charge in [-0.15, -0.1) is 0 Å². The number of benzene rings is 1. The van der Waals surface area contributed by atoms with Crippen LogP contribution in [0.2, 0.25) is 0 Å². The number of ether oxygens (including phenoxy) is 2. The molecule has 0 N–H and O–H groups in total. The average Bonchev–Trinajstić information content (AvgIpc) is 2.90. The molecule has 122 valence electrons. The molecule has 2 aliphatic heterocycles. The molecule has 1 spiro atoms. The highest BCUT2D eigenvalue weighted by molar-refractivity contribution is 5.88. The molecule has 0 aromatic heterocycles. The molecule has 4 aliphatic rings. The van der Waals surface area contributed by atoms with Crippen LogP contribution in [0, 0.1) is 5.92 Å². The predicted molar refractivity (Wildman–Crippen MR) is 86.2 cm³/mol. The van der Waals surface area contributed by atoms with Crippen LogP contribution in [0.3, 0.4) is 0 Å². The van der Waals surface area contributed by atoms with E-state index < -0.39 is 0 Å². The van der Waals surface area contributed by atoms with E-state index in [1.54, 1.807) is 7.11 Å². The summed E-state index contributed by atoms with van der Waals surface area (Å²) < 4.78 is 11.8. The summed E-state index contributed by atoms with van der Waals surface area (Å²) in [6.45, 7) is 1.01. The summed E-state index contributed by atoms with van der Waals surface area (Å²) in [4.78, 5) is 15.4. The summed E-state index contributed by atoms with van der Waals surface area (Å²) in [5, 5.41) is 0. The number of carbonyl (C=O) groups excluding carboxylic acids is 1. The Kier molecular flexibility index (Phi) is 2.71. The van der Waals surface area contributed by atoms with Gasteiger partial charge in [0.2, 0.25) is 0 Å². The van der Waals surface area contributed by atoms with Crippen molar-refractivity contribution in [3.05, 3.63) is 23.3 Å². The Morgan fingerprint density at radius 3 is 3.00 bits per heavy atom. The quantitative estimate of drug-likeness (QED) is 0.797. The molecule has 2 bridgehead atoms. The fraction of sp³-hybridized carbons (Fsp3) is 0.632. The summed E-state index contributed by atoms with van der Waals surface area (Å²) in [7, 11) is 3.91. The van der Waals surface area contributed by atoms with E-state index in [1.165, 1.54) is 17.5 Å². The largest absolute Gasteiger partial charge is 0.493 e. The molecule has 4 nitrogen and oxygen atoms in total. The third kappa shape index (κ3) is 1.53. The Hall–Kier alpha value is -1.55. The third-order valence-electron chi connectivity index (χ3n) is 6.81. The Morgan fingerprint density at radius 2 is 2.26 bits per heavy atom. The number of methoxy groups -OCH3 is 1. The Labute approximate surface area is 136 Å². The summed E-state index contributed by atoms with van der Waals surface area (Å²) in [6.07, 6.45) is 4.62. The van der Waals surface area contributed by atoms with Crippen molar-refractivity contribution in [1.29, 1.82) is 0 Å². The molecule has 2 aliphatic carbocycles. The number of rotatable bonds is 1. The minimum Gasteiger partial charge on any atom is -0.493 e. The van der Waals surface area contributed by atoms with Gasteiger partial charge in [0.25, 0.3) is 0 Å². The highest BCUT2D eigenvalue weighted by Crippen LogP contribution is 2.65. The number of likely N-dealkylation sites (N-methyl/N-ethyl adjacent to an activating group) is 1. The van der Waals surface area contributed by atoms with Crippen molar-refractivity contribution in [3.8, 4) is 11.5 Å². The van der Waals surface area contributed by atoms with Gasteiger partial charge in [0, 0.05) is 23.4 Å². The zero-order valence-corrected chi connectivity index (χ0v) is 13.8. The SMILES string of the molecule is COc1ccc2c3c1O[C@H]1C(=O)CCCN(C)C(C2)[C@@H]2CC[C@]312. The van der Waals surface area contributed by atoms with Crippen LogP contribution in [0.5, 0.6) is 11.5 Å². The Bertz CT molecular complexity index is 700. The zero-order chi connectivity index (χ0) is 15.8. The van der Waals surface area contributed by atoms with Crippen LogP contribution < -0.4 is 9.47 Å². The summed E-state index contributed by atoms with van der Waals surface area (Å²) in [6, 6.07) is 4.74. The fourth-order valence-electron chi connectivity index (χ4n) is 5.69. The molecule has 2 heterocycles. The van der Waals surface area contributed by atoms with E-state index in [0.717, 1.165) is 37.3 Å². The minimum atomic E-state index is -0.291. The molecule has 4 atom stereocenters. The van der Waals surface area contributed by atoms with E-state index in [4.69, 9.17) is 9.47 Å². The van der Waals surface area contributed by atoms with Crippen LogP contribution in [0.25, 0.3) is 0 Å². The highest BCUT2D eigenvalue weighted by Gasteiger charge is 2.66. The summed E-state index contributed by atoms with van der Waals surface area (Å²) in [5.74, 6) is 2.47. The second-order valence-electron chi connectivity index (χ2n) is 7.64. The van der Waals surface area contributed by atoms with Gasteiger partial charge in [-0.3, -0.25) is 4.79 Å². The molecule has 0 amide bonds. The lowest BCUT2D eigenvalue weighted by atomic mass is 9.48. The molecule has 5 rings (SSSR count). The fourth-order valence-corrected chi connectivity index (χ4v) is 5.69. The zero-order valence-electron chi connectivity index (χ0n) is 13.8. The highest BCUT2D eigenvalue weighted by atomic mass is 16.5. The Balaban J connectivity index is 1.77. The van der Waals surface area contributed by atoms with Gasteiger partial charge >= 0.3 is 0 Å². The monoisotopic (exact) mass is 313 g/mol. The molecule has 1 unspecified atom stereocenters. The first-order valence-corrected chi connectivity index (χ1v) is 8.77. The van der Waals surface area contributed by atoms with Gasteiger partial charge < -0.3 is 14.4 Å². The smallest absolute Gasteiger partial charge is 0.174 e. The number of hydrogen-bond donors (Lipinski definition) is 0. The van der Waals surface area contributed by atoms with Crippen LogP contribution in [-0.4, -0.2) is 43.5 Å². The van der Waals surface area contributed by atoms with E-state index in [2.05, 4.69) is 18.0 Å². The number of carbonyl (C=O) groups is 1. The van der Waals surface area contributed by atoms with Crippen molar-refractivity contribution in [2.45, 2.75) is 49.7 Å². The van der Waals surface area contributed by atoms with Crippen LogP contribution in [-0.2, 0) is 16.6 Å². The van der Waals surface area contributed by atoms with Crippen molar-refractivity contribution in [3.63, 3.8) is 0 Å². The van der Waals surface area contributed by atoms with E-state index in [1.807, 2.05) is 6.07 Å². The van der Waals surface area contributed by atoms with E-state index in [-0.39, 0.29) is 17.3 Å². The topological polar surface area (TPSA) is 38.8 Å². The standard InChI is InChI=1S/C19H23NO3/c1-20-9-3-4-14(21)18-19-8-7-12(19)13(20)10-11-5-6-15(22-2)17(23-18)16(11)19/h5-6,12-13,18H,3-4,7-10H2,1-2H3/t12-,13?,18-,19-/m0/s1. The molecule has 1 saturated carbocycles. The minimum absolute atomic E-state index is 0.0855. The van der Waals surface area contributed by atoms with Crippen molar-refractivity contribution in [1.82, 2.24) is 4.90 Å². The maximum absolute atomic E-state index is 12.9. The van der Waals surface area contributed by atoms with Gasteiger partial charge in [-0.2, -0.15) is 0 Å². The lowest BCUT2D eigenvalue weighted by molar-refractivity contribution is -0.132. The third-order valence-corrected chi connectivity index (χ3v) is 6.81. The van der Waals surface area contributed by atoms with E-state index >= 15 is 0 Å². The van der Waals surface area contributed by atoms with Crippen molar-refractivity contribution in [2.24, 2.45) is 5.92 Å².